The summed E-state index contributed by atoms with van der Waals surface area (Å²) in [5.41, 5.74) is 1.37. The van der Waals surface area contributed by atoms with Crippen molar-refractivity contribution < 1.29 is 9.90 Å². The van der Waals surface area contributed by atoms with E-state index in [0.717, 1.165) is 18.4 Å². The average molecular weight is 289 g/mol. The van der Waals surface area contributed by atoms with Crippen molar-refractivity contribution in [3.8, 4) is 0 Å². The second kappa shape index (κ2) is 6.61. The Morgan fingerprint density at radius 1 is 1.33 bits per heavy atom. The maximum absolute atomic E-state index is 11.6. The van der Waals surface area contributed by atoms with E-state index in [1.165, 1.54) is 6.42 Å². The fourth-order valence-corrected chi connectivity index (χ4v) is 3.82. The summed E-state index contributed by atoms with van der Waals surface area (Å²) in [6, 6.07) is 9.65. The van der Waals surface area contributed by atoms with Crippen LogP contribution in [0.5, 0.6) is 0 Å². The van der Waals surface area contributed by atoms with E-state index in [0.29, 0.717) is 23.8 Å². The van der Waals surface area contributed by atoms with Crippen molar-refractivity contribution in [3.63, 3.8) is 0 Å². The summed E-state index contributed by atoms with van der Waals surface area (Å²) in [5.74, 6) is -0.104. The second-order valence-corrected chi connectivity index (χ2v) is 7.36. The van der Waals surface area contributed by atoms with Crippen LogP contribution in [0, 0.1) is 11.3 Å². The molecular weight excluding hydrogens is 262 g/mol. The van der Waals surface area contributed by atoms with Crippen molar-refractivity contribution in [1.82, 2.24) is 5.32 Å². The predicted molar refractivity (Wildman–Crippen MR) is 85.3 cm³/mol. The fourth-order valence-electron chi connectivity index (χ4n) is 3.82. The summed E-state index contributed by atoms with van der Waals surface area (Å²) in [4.78, 5) is 11.6. The summed E-state index contributed by atoms with van der Waals surface area (Å²) in [7, 11) is 0. The van der Waals surface area contributed by atoms with E-state index in [1.807, 2.05) is 30.3 Å². The smallest absolute Gasteiger partial charge is 0.321 e. The molecule has 0 aromatic heterocycles. The quantitative estimate of drug-likeness (QED) is 0.872. The van der Waals surface area contributed by atoms with Gasteiger partial charge < -0.3 is 10.4 Å². The normalized spacial score (nSPS) is 26.2. The van der Waals surface area contributed by atoms with Gasteiger partial charge in [-0.2, -0.15) is 0 Å². The molecule has 116 valence electrons. The van der Waals surface area contributed by atoms with Gasteiger partial charge >= 0.3 is 5.97 Å². The first-order valence-corrected chi connectivity index (χ1v) is 7.88. The van der Waals surface area contributed by atoms with Gasteiger partial charge in [-0.15, -0.1) is 0 Å². The number of carbonyl (C=O) groups is 1. The van der Waals surface area contributed by atoms with Crippen LogP contribution in [0.25, 0.3) is 0 Å². The van der Waals surface area contributed by atoms with Crippen LogP contribution in [-0.2, 0) is 11.2 Å². The van der Waals surface area contributed by atoms with Crippen LogP contribution in [0.1, 0.15) is 45.6 Å². The highest BCUT2D eigenvalue weighted by molar-refractivity contribution is 5.74. The van der Waals surface area contributed by atoms with E-state index in [-0.39, 0.29) is 0 Å². The molecule has 2 unspecified atom stereocenters. The van der Waals surface area contributed by atoms with E-state index in [4.69, 9.17) is 0 Å². The molecule has 1 aliphatic rings. The maximum atomic E-state index is 11.6. The Bertz CT molecular complexity index is 469. The fraction of sp³-hybridized carbons (Fsp3) is 0.611. The highest BCUT2D eigenvalue weighted by Crippen LogP contribution is 2.38. The highest BCUT2D eigenvalue weighted by Gasteiger charge is 2.34. The SMILES string of the molecule is CC1CC(N[C@@H](Cc2ccccc2)C(=O)O)CC(C)(C)C1. The van der Waals surface area contributed by atoms with Crippen molar-refractivity contribution in [2.75, 3.05) is 0 Å². The minimum Gasteiger partial charge on any atom is -0.480 e. The third kappa shape index (κ3) is 4.85. The minimum atomic E-state index is -0.755. The van der Waals surface area contributed by atoms with E-state index in [2.05, 4.69) is 26.1 Å². The number of carboxylic acid groups (broad SMARTS) is 1. The number of hydrogen-bond acceptors (Lipinski definition) is 2. The van der Waals surface area contributed by atoms with Crippen LogP contribution < -0.4 is 5.32 Å². The van der Waals surface area contributed by atoms with E-state index in [9.17, 15) is 9.90 Å². The molecule has 0 amide bonds. The molecular formula is C18H27NO2. The van der Waals surface area contributed by atoms with Gasteiger partial charge in [-0.05, 0) is 42.6 Å². The predicted octanol–water partition coefficient (Wildman–Crippen LogP) is 3.49. The van der Waals surface area contributed by atoms with Gasteiger partial charge in [0.15, 0.2) is 0 Å². The van der Waals surface area contributed by atoms with Gasteiger partial charge in [-0.3, -0.25) is 4.79 Å². The molecule has 0 saturated heterocycles. The Balaban J connectivity index is 2.01. The molecule has 1 aromatic carbocycles. The van der Waals surface area contributed by atoms with Gasteiger partial charge in [0.25, 0.3) is 0 Å². The molecule has 1 aliphatic carbocycles. The highest BCUT2D eigenvalue weighted by atomic mass is 16.4. The first-order valence-electron chi connectivity index (χ1n) is 7.88. The number of rotatable bonds is 5. The summed E-state index contributed by atoms with van der Waals surface area (Å²) in [6.07, 6.45) is 3.89. The second-order valence-electron chi connectivity index (χ2n) is 7.36. The number of benzene rings is 1. The number of hydrogen-bond donors (Lipinski definition) is 2. The van der Waals surface area contributed by atoms with Crippen molar-refractivity contribution >= 4 is 5.97 Å². The number of nitrogens with one attached hydrogen (secondary N) is 1. The minimum absolute atomic E-state index is 0.297. The lowest BCUT2D eigenvalue weighted by Gasteiger charge is -2.40. The lowest BCUT2D eigenvalue weighted by atomic mass is 9.70. The van der Waals surface area contributed by atoms with Gasteiger partial charge in [0.2, 0.25) is 0 Å². The summed E-state index contributed by atoms with van der Waals surface area (Å²) >= 11 is 0. The molecule has 3 nitrogen and oxygen atoms in total. The van der Waals surface area contributed by atoms with Crippen LogP contribution >= 0.6 is 0 Å². The Kier molecular flexibility index (Phi) is 5.04. The molecule has 21 heavy (non-hydrogen) atoms. The summed E-state index contributed by atoms with van der Waals surface area (Å²) in [5, 5.41) is 12.9. The largest absolute Gasteiger partial charge is 0.480 e. The van der Waals surface area contributed by atoms with Crippen molar-refractivity contribution in [2.24, 2.45) is 11.3 Å². The molecule has 3 atom stereocenters. The zero-order valence-corrected chi connectivity index (χ0v) is 13.3. The van der Waals surface area contributed by atoms with E-state index >= 15 is 0 Å². The molecule has 1 fully saturated rings. The Morgan fingerprint density at radius 2 is 2.00 bits per heavy atom. The molecule has 2 rings (SSSR count). The van der Waals surface area contributed by atoms with Gasteiger partial charge in [-0.1, -0.05) is 51.1 Å². The molecule has 0 heterocycles. The lowest BCUT2D eigenvalue weighted by Crippen LogP contribution is -2.48. The Hall–Kier alpha value is -1.35. The van der Waals surface area contributed by atoms with Gasteiger partial charge in [0.05, 0.1) is 0 Å². The lowest BCUT2D eigenvalue weighted by molar-refractivity contribution is -0.139. The number of carboxylic acids is 1. The topological polar surface area (TPSA) is 49.3 Å². The van der Waals surface area contributed by atoms with Crippen molar-refractivity contribution in [2.45, 2.75) is 58.5 Å². The summed E-state index contributed by atoms with van der Waals surface area (Å²) in [6.45, 7) is 6.83. The average Bonchev–Trinajstić information content (AvgIpc) is 2.36. The standard InChI is InChI=1S/C18H27NO2/c1-13-9-15(12-18(2,3)11-13)19-16(17(20)21)10-14-7-5-4-6-8-14/h4-8,13,15-16,19H,9-12H2,1-3H3,(H,20,21)/t13?,15?,16-/m0/s1. The molecule has 3 heteroatoms. The van der Waals surface area contributed by atoms with Gasteiger partial charge in [0.1, 0.15) is 6.04 Å². The molecule has 0 radical (unpaired) electrons. The summed E-state index contributed by atoms with van der Waals surface area (Å²) < 4.78 is 0. The van der Waals surface area contributed by atoms with Crippen molar-refractivity contribution in [1.29, 1.82) is 0 Å². The van der Waals surface area contributed by atoms with Gasteiger partial charge in [-0.25, -0.2) is 0 Å². The third-order valence-corrected chi connectivity index (χ3v) is 4.40. The van der Waals surface area contributed by atoms with Crippen LogP contribution in [0.2, 0.25) is 0 Å². The van der Waals surface area contributed by atoms with E-state index in [1.54, 1.807) is 0 Å². The zero-order chi connectivity index (χ0) is 15.5. The van der Waals surface area contributed by atoms with Crippen LogP contribution in [0.3, 0.4) is 0 Å². The Labute approximate surface area is 127 Å². The molecule has 0 aliphatic heterocycles. The van der Waals surface area contributed by atoms with E-state index < -0.39 is 12.0 Å². The molecule has 1 saturated carbocycles. The first-order chi connectivity index (χ1) is 9.85. The van der Waals surface area contributed by atoms with Crippen LogP contribution in [-0.4, -0.2) is 23.2 Å². The monoisotopic (exact) mass is 289 g/mol. The molecule has 0 spiro atoms. The number of aliphatic carboxylic acids is 1. The van der Waals surface area contributed by atoms with Crippen LogP contribution in [0.4, 0.5) is 0 Å². The van der Waals surface area contributed by atoms with Crippen molar-refractivity contribution in [3.05, 3.63) is 35.9 Å². The zero-order valence-electron chi connectivity index (χ0n) is 13.3. The maximum Gasteiger partial charge on any atom is 0.321 e. The Morgan fingerprint density at radius 3 is 2.57 bits per heavy atom. The molecule has 2 N–H and O–H groups in total. The van der Waals surface area contributed by atoms with Gasteiger partial charge in [0, 0.05) is 6.04 Å². The first kappa shape index (κ1) is 16.0. The van der Waals surface area contributed by atoms with Crippen LogP contribution in [0.15, 0.2) is 30.3 Å². The molecule has 0 bridgehead atoms. The third-order valence-electron chi connectivity index (χ3n) is 4.40. The molecule has 1 aromatic rings.